The van der Waals surface area contributed by atoms with E-state index in [1.807, 2.05) is 0 Å². The van der Waals surface area contributed by atoms with Crippen LogP contribution in [0.4, 0.5) is 11.4 Å². The maximum Gasteiger partial charge on any atom is 0.257 e. The fourth-order valence-electron chi connectivity index (χ4n) is 3.59. The van der Waals surface area contributed by atoms with Crippen LogP contribution in [0.1, 0.15) is 21.8 Å². The average molecular weight is 560 g/mol. The Balaban J connectivity index is 1.49. The zero-order valence-corrected chi connectivity index (χ0v) is 21.2. The second-order valence-corrected chi connectivity index (χ2v) is 10.3. The number of nitrogens with zero attached hydrogens (tertiary/aromatic N) is 1. The second kappa shape index (κ2) is 9.80. The van der Waals surface area contributed by atoms with Gasteiger partial charge in [-0.25, -0.2) is 4.98 Å². The summed E-state index contributed by atoms with van der Waals surface area (Å²) in [5.41, 5.74) is 1.62. The van der Waals surface area contributed by atoms with Crippen LogP contribution >= 0.6 is 58.0 Å². The molecule has 2 atom stereocenters. The molecule has 2 aromatic carbocycles. The molecule has 1 fully saturated rings. The van der Waals surface area contributed by atoms with Gasteiger partial charge in [0.15, 0.2) is 0 Å². The first-order chi connectivity index (χ1) is 16.1. The van der Waals surface area contributed by atoms with E-state index in [4.69, 9.17) is 62.7 Å². The highest BCUT2D eigenvalue weighted by Crippen LogP contribution is 2.65. The Morgan fingerprint density at radius 3 is 2.24 bits per heavy atom. The van der Waals surface area contributed by atoms with Gasteiger partial charge in [0, 0.05) is 27.7 Å². The Morgan fingerprint density at radius 2 is 1.62 bits per heavy atom. The molecule has 2 amide bonds. The van der Waals surface area contributed by atoms with E-state index in [0.717, 1.165) is 0 Å². The molecule has 34 heavy (non-hydrogen) atoms. The van der Waals surface area contributed by atoms with Crippen LogP contribution in [0.3, 0.4) is 0 Å². The molecule has 176 valence electrons. The lowest BCUT2D eigenvalue weighted by atomic mass is 10.1. The van der Waals surface area contributed by atoms with Crippen molar-refractivity contribution in [1.29, 1.82) is 0 Å². The zero-order chi connectivity index (χ0) is 24.6. The fourth-order valence-corrected chi connectivity index (χ4v) is 5.17. The summed E-state index contributed by atoms with van der Waals surface area (Å²) in [6.45, 7) is 0. The van der Waals surface area contributed by atoms with Crippen molar-refractivity contribution in [1.82, 2.24) is 4.98 Å². The minimum atomic E-state index is -1.33. The summed E-state index contributed by atoms with van der Waals surface area (Å²) in [6, 6.07) is 12.7. The predicted molar refractivity (Wildman–Crippen MR) is 136 cm³/mol. The van der Waals surface area contributed by atoms with Gasteiger partial charge in [-0.1, -0.05) is 34.8 Å². The number of benzene rings is 2. The van der Waals surface area contributed by atoms with Gasteiger partial charge in [0.25, 0.3) is 5.91 Å². The van der Waals surface area contributed by atoms with Crippen molar-refractivity contribution in [3.05, 3.63) is 80.9 Å². The highest BCUT2D eigenvalue weighted by Gasteiger charge is 2.67. The molecule has 2 unspecified atom stereocenters. The smallest absolute Gasteiger partial charge is 0.257 e. The number of halogens is 5. The second-order valence-electron chi connectivity index (χ2n) is 7.56. The minimum absolute atomic E-state index is 0.160. The van der Waals surface area contributed by atoms with E-state index in [1.165, 1.54) is 25.4 Å². The number of ether oxygens (including phenoxy) is 1. The highest BCUT2D eigenvalue weighted by molar-refractivity contribution is 6.53. The lowest BCUT2D eigenvalue weighted by Gasteiger charge is -2.10. The first kappa shape index (κ1) is 24.9. The normalized spacial score (nSPS) is 18.2. The van der Waals surface area contributed by atoms with Crippen molar-refractivity contribution in [3.8, 4) is 5.88 Å². The molecule has 0 spiro atoms. The summed E-state index contributed by atoms with van der Waals surface area (Å²) < 4.78 is 3.67. The molecule has 1 aliphatic rings. The lowest BCUT2D eigenvalue weighted by molar-refractivity contribution is -0.117. The Hall–Kier alpha value is -2.22. The molecule has 1 aliphatic carbocycles. The molecule has 3 aromatic rings. The number of methoxy groups -OCH3 is 1. The van der Waals surface area contributed by atoms with E-state index >= 15 is 0 Å². The molecule has 4 rings (SSSR count). The highest BCUT2D eigenvalue weighted by atomic mass is 35.5. The minimum Gasteiger partial charge on any atom is -0.481 e. The van der Waals surface area contributed by atoms with Crippen molar-refractivity contribution in [2.24, 2.45) is 5.92 Å². The summed E-state index contributed by atoms with van der Waals surface area (Å²) in [4.78, 5) is 29.7. The molecule has 2 N–H and O–H groups in total. The van der Waals surface area contributed by atoms with Crippen LogP contribution < -0.4 is 15.4 Å². The van der Waals surface area contributed by atoms with Gasteiger partial charge in [-0.15, -0.1) is 23.2 Å². The molecular weight excluding hydrogens is 544 g/mol. The van der Waals surface area contributed by atoms with E-state index in [1.54, 1.807) is 36.4 Å². The largest absolute Gasteiger partial charge is 0.481 e. The first-order valence-corrected chi connectivity index (χ1v) is 11.7. The summed E-state index contributed by atoms with van der Waals surface area (Å²) in [5.74, 6) is -1.73. The van der Waals surface area contributed by atoms with E-state index < -0.39 is 28.0 Å². The Kier molecular flexibility index (Phi) is 7.17. The molecule has 0 aliphatic heterocycles. The first-order valence-electron chi connectivity index (χ1n) is 9.85. The monoisotopic (exact) mass is 557 g/mol. The number of alkyl halides is 2. The Bertz CT molecular complexity index is 1250. The number of hydrogen-bond acceptors (Lipinski definition) is 4. The van der Waals surface area contributed by atoms with Crippen molar-refractivity contribution in [3.63, 3.8) is 0 Å². The van der Waals surface area contributed by atoms with Gasteiger partial charge in [-0.3, -0.25) is 9.59 Å². The lowest BCUT2D eigenvalue weighted by Crippen LogP contribution is -2.18. The number of aromatic nitrogens is 1. The Morgan fingerprint density at radius 1 is 0.941 bits per heavy atom. The van der Waals surface area contributed by atoms with Crippen LogP contribution in [0.2, 0.25) is 15.1 Å². The summed E-state index contributed by atoms with van der Waals surface area (Å²) in [7, 11) is 1.49. The van der Waals surface area contributed by atoms with Crippen molar-refractivity contribution < 1.29 is 14.3 Å². The van der Waals surface area contributed by atoms with Crippen molar-refractivity contribution >= 4 is 81.2 Å². The fraction of sp³-hybridized carbons (Fsp3) is 0.174. The standard InChI is InChI=1S/C23H16Cl5N3O3/c1-34-18-5-3-15(10-29-18)31-21(32)16-9-14(2-4-17(16)26)30-22(33)20-19(23(20,27)28)11-6-12(24)8-13(25)7-11/h2-10,19-20H,1H3,(H,30,33)(H,31,32). The maximum atomic E-state index is 13.0. The van der Waals surface area contributed by atoms with Crippen LogP contribution in [-0.4, -0.2) is 28.2 Å². The third-order valence-electron chi connectivity index (χ3n) is 5.26. The van der Waals surface area contributed by atoms with Gasteiger partial charge in [-0.05, 0) is 48.0 Å². The number of pyridine rings is 1. The van der Waals surface area contributed by atoms with Crippen molar-refractivity contribution in [2.75, 3.05) is 17.7 Å². The van der Waals surface area contributed by atoms with Crippen LogP contribution in [0.25, 0.3) is 0 Å². The number of carbonyl (C=O) groups is 2. The topological polar surface area (TPSA) is 80.3 Å². The van der Waals surface area contributed by atoms with Crippen LogP contribution in [0, 0.1) is 5.92 Å². The van der Waals surface area contributed by atoms with E-state index in [-0.39, 0.29) is 10.6 Å². The van der Waals surface area contributed by atoms with E-state index in [0.29, 0.717) is 32.9 Å². The number of amides is 2. The molecule has 6 nitrogen and oxygen atoms in total. The summed E-state index contributed by atoms with van der Waals surface area (Å²) >= 11 is 31.2. The van der Waals surface area contributed by atoms with E-state index in [2.05, 4.69) is 15.6 Å². The summed E-state index contributed by atoms with van der Waals surface area (Å²) in [6.07, 6.45) is 1.45. The summed E-state index contributed by atoms with van der Waals surface area (Å²) in [5, 5.41) is 6.48. The quantitative estimate of drug-likeness (QED) is 0.325. The maximum absolute atomic E-state index is 13.0. The molecule has 0 radical (unpaired) electrons. The number of rotatable bonds is 6. The third-order valence-corrected chi connectivity index (χ3v) is 6.97. The van der Waals surface area contributed by atoms with Gasteiger partial charge >= 0.3 is 0 Å². The molecular formula is C23H16Cl5N3O3. The van der Waals surface area contributed by atoms with Gasteiger partial charge in [0.1, 0.15) is 4.33 Å². The van der Waals surface area contributed by atoms with E-state index in [9.17, 15) is 9.59 Å². The van der Waals surface area contributed by atoms with Gasteiger partial charge < -0.3 is 15.4 Å². The number of carbonyl (C=O) groups excluding carboxylic acids is 2. The average Bonchev–Trinajstić information content (AvgIpc) is 3.37. The van der Waals surface area contributed by atoms with Crippen LogP contribution in [0.15, 0.2) is 54.7 Å². The van der Waals surface area contributed by atoms with Crippen LogP contribution in [-0.2, 0) is 4.79 Å². The zero-order valence-electron chi connectivity index (χ0n) is 17.4. The van der Waals surface area contributed by atoms with Gasteiger partial charge in [-0.2, -0.15) is 0 Å². The SMILES string of the molecule is COc1ccc(NC(=O)c2cc(NC(=O)C3C(c4cc(Cl)cc(Cl)c4)C3(Cl)Cl)ccc2Cl)cn1. The molecule has 0 bridgehead atoms. The predicted octanol–water partition coefficient (Wildman–Crippen LogP) is 6.83. The molecule has 1 aromatic heterocycles. The van der Waals surface area contributed by atoms with Crippen LogP contribution in [0.5, 0.6) is 5.88 Å². The number of hydrogen-bond donors (Lipinski definition) is 2. The van der Waals surface area contributed by atoms with Gasteiger partial charge in [0.05, 0.1) is 35.5 Å². The Labute approximate surface area is 220 Å². The number of nitrogens with one attached hydrogen (secondary N) is 2. The molecule has 1 heterocycles. The molecule has 0 saturated heterocycles. The number of anilines is 2. The molecule has 11 heteroatoms. The van der Waals surface area contributed by atoms with Crippen molar-refractivity contribution in [2.45, 2.75) is 10.3 Å². The van der Waals surface area contributed by atoms with Gasteiger partial charge in [0.2, 0.25) is 11.8 Å². The molecule has 1 saturated carbocycles. The third kappa shape index (κ3) is 5.21.